The summed E-state index contributed by atoms with van der Waals surface area (Å²) in [5, 5.41) is 1.98. The molecular weight excluding hydrogens is 291 g/mol. The van der Waals surface area contributed by atoms with Crippen LogP contribution in [0, 0.1) is 0 Å². The van der Waals surface area contributed by atoms with Gasteiger partial charge in [-0.3, -0.25) is 10.2 Å². The molecule has 0 saturated carbocycles. The van der Waals surface area contributed by atoms with Crippen LogP contribution in [0.5, 0.6) is 0 Å². The van der Waals surface area contributed by atoms with E-state index in [2.05, 4.69) is 5.43 Å². The molecule has 0 bridgehead atoms. The highest BCUT2D eigenvalue weighted by Gasteiger charge is 2.51. The van der Waals surface area contributed by atoms with Gasteiger partial charge in [-0.25, -0.2) is 5.84 Å². The zero-order valence-corrected chi connectivity index (χ0v) is 13.8. The van der Waals surface area contributed by atoms with Gasteiger partial charge in [0, 0.05) is 5.56 Å². The first-order chi connectivity index (χ1) is 10.7. The second kappa shape index (κ2) is 5.34. The zero-order chi connectivity index (χ0) is 16.8. The minimum Gasteiger partial charge on any atom is -0.399 e. The summed E-state index contributed by atoms with van der Waals surface area (Å²) in [5.41, 5.74) is 2.91. The van der Waals surface area contributed by atoms with Gasteiger partial charge in [-0.05, 0) is 56.1 Å². The molecule has 0 aliphatic carbocycles. The molecule has 0 radical (unpaired) electrons. The lowest BCUT2D eigenvalue weighted by atomic mass is 9.78. The Hall–Kier alpha value is -1.89. The second-order valence-corrected chi connectivity index (χ2v) is 6.88. The molecule has 120 valence electrons. The lowest BCUT2D eigenvalue weighted by molar-refractivity contribution is 0.00578. The number of benzene rings is 2. The van der Waals surface area contributed by atoms with Gasteiger partial charge < -0.3 is 9.31 Å². The average Bonchev–Trinajstić information content (AvgIpc) is 2.73. The minimum absolute atomic E-state index is 0.304. The van der Waals surface area contributed by atoms with Crippen LogP contribution in [-0.4, -0.2) is 24.2 Å². The van der Waals surface area contributed by atoms with Gasteiger partial charge in [0.15, 0.2) is 0 Å². The second-order valence-electron chi connectivity index (χ2n) is 6.88. The lowest BCUT2D eigenvalue weighted by Gasteiger charge is -2.32. The van der Waals surface area contributed by atoms with Crippen molar-refractivity contribution in [1.82, 2.24) is 5.43 Å². The van der Waals surface area contributed by atoms with E-state index < -0.39 is 7.12 Å². The van der Waals surface area contributed by atoms with Gasteiger partial charge >= 0.3 is 7.12 Å². The SMILES string of the molecule is CC1(C)OB(c2ccc3cc(C(=O)NN)ccc3c2)OC1(C)C. The van der Waals surface area contributed by atoms with Crippen LogP contribution in [0.25, 0.3) is 10.8 Å². The van der Waals surface area contributed by atoms with Crippen molar-refractivity contribution in [3.8, 4) is 0 Å². The maximum Gasteiger partial charge on any atom is 0.494 e. The van der Waals surface area contributed by atoms with E-state index in [4.69, 9.17) is 15.2 Å². The molecule has 5 nitrogen and oxygen atoms in total. The van der Waals surface area contributed by atoms with E-state index in [9.17, 15) is 4.79 Å². The van der Waals surface area contributed by atoms with E-state index in [1.807, 2.05) is 58.0 Å². The Morgan fingerprint density at radius 2 is 1.57 bits per heavy atom. The fourth-order valence-electron chi connectivity index (χ4n) is 2.61. The number of carbonyl (C=O) groups is 1. The number of rotatable bonds is 2. The fourth-order valence-corrected chi connectivity index (χ4v) is 2.61. The summed E-state index contributed by atoms with van der Waals surface area (Å²) in [6.07, 6.45) is 0. The van der Waals surface area contributed by atoms with E-state index in [0.717, 1.165) is 16.2 Å². The van der Waals surface area contributed by atoms with Crippen LogP contribution in [0.2, 0.25) is 0 Å². The highest BCUT2D eigenvalue weighted by Crippen LogP contribution is 2.36. The number of carbonyl (C=O) groups excluding carboxylic acids is 1. The monoisotopic (exact) mass is 312 g/mol. The smallest absolute Gasteiger partial charge is 0.399 e. The van der Waals surface area contributed by atoms with Gasteiger partial charge in [-0.1, -0.05) is 24.3 Å². The van der Waals surface area contributed by atoms with Crippen molar-refractivity contribution >= 4 is 29.3 Å². The molecule has 3 N–H and O–H groups in total. The van der Waals surface area contributed by atoms with Gasteiger partial charge in [0.2, 0.25) is 0 Å². The Morgan fingerprint density at radius 3 is 2.17 bits per heavy atom. The summed E-state index contributed by atoms with van der Waals surface area (Å²) in [6.45, 7) is 8.13. The van der Waals surface area contributed by atoms with Crippen LogP contribution in [-0.2, 0) is 9.31 Å². The van der Waals surface area contributed by atoms with Gasteiger partial charge in [0.05, 0.1) is 11.2 Å². The Kier molecular flexibility index (Phi) is 3.71. The quantitative estimate of drug-likeness (QED) is 0.383. The molecule has 0 unspecified atom stereocenters. The molecule has 1 fully saturated rings. The number of hydrogen-bond donors (Lipinski definition) is 2. The molecule has 1 saturated heterocycles. The lowest BCUT2D eigenvalue weighted by Crippen LogP contribution is -2.41. The number of fused-ring (bicyclic) bond motifs is 1. The molecule has 0 spiro atoms. The molecule has 1 aliphatic rings. The van der Waals surface area contributed by atoms with Gasteiger partial charge in [0.25, 0.3) is 5.91 Å². The van der Waals surface area contributed by atoms with Crippen LogP contribution in [0.3, 0.4) is 0 Å². The van der Waals surface area contributed by atoms with Gasteiger partial charge in [-0.15, -0.1) is 0 Å². The molecule has 0 aromatic heterocycles. The third-order valence-corrected chi connectivity index (χ3v) is 4.78. The maximum atomic E-state index is 11.6. The van der Waals surface area contributed by atoms with Crippen molar-refractivity contribution in [2.75, 3.05) is 0 Å². The normalized spacial score (nSPS) is 19.1. The number of hydrazine groups is 1. The summed E-state index contributed by atoms with van der Waals surface area (Å²) in [6, 6.07) is 11.4. The largest absolute Gasteiger partial charge is 0.494 e. The number of nitrogens with one attached hydrogen (secondary N) is 1. The predicted octanol–water partition coefficient (Wildman–Crippen LogP) is 1.74. The van der Waals surface area contributed by atoms with E-state index in [1.165, 1.54) is 0 Å². The van der Waals surface area contributed by atoms with Crippen LogP contribution >= 0.6 is 0 Å². The molecule has 0 atom stereocenters. The Bertz CT molecular complexity index is 758. The summed E-state index contributed by atoms with van der Waals surface area (Å²) < 4.78 is 12.2. The van der Waals surface area contributed by atoms with Crippen molar-refractivity contribution in [3.05, 3.63) is 42.0 Å². The maximum absolute atomic E-state index is 11.6. The van der Waals surface area contributed by atoms with E-state index in [1.54, 1.807) is 6.07 Å². The van der Waals surface area contributed by atoms with Crippen LogP contribution in [0.15, 0.2) is 36.4 Å². The molecule has 2 aromatic carbocycles. The van der Waals surface area contributed by atoms with Crippen LogP contribution < -0.4 is 16.7 Å². The first-order valence-electron chi connectivity index (χ1n) is 7.64. The van der Waals surface area contributed by atoms with Gasteiger partial charge in [-0.2, -0.15) is 0 Å². The molecule has 6 heteroatoms. The first kappa shape index (κ1) is 16.0. The number of amides is 1. The number of hydrogen-bond acceptors (Lipinski definition) is 4. The number of nitrogen functional groups attached to an aromatic ring is 1. The van der Waals surface area contributed by atoms with Crippen molar-refractivity contribution < 1.29 is 14.1 Å². The average molecular weight is 312 g/mol. The molecule has 1 heterocycles. The van der Waals surface area contributed by atoms with Crippen LogP contribution in [0.1, 0.15) is 38.1 Å². The van der Waals surface area contributed by atoms with Gasteiger partial charge in [0.1, 0.15) is 0 Å². The summed E-state index contributed by atoms with van der Waals surface area (Å²) in [7, 11) is -0.392. The van der Waals surface area contributed by atoms with Crippen molar-refractivity contribution in [2.24, 2.45) is 5.84 Å². The van der Waals surface area contributed by atoms with Crippen molar-refractivity contribution in [2.45, 2.75) is 38.9 Å². The Morgan fingerprint density at radius 1 is 1.00 bits per heavy atom. The molecule has 1 aliphatic heterocycles. The molecule has 1 amide bonds. The topological polar surface area (TPSA) is 73.6 Å². The predicted molar refractivity (Wildman–Crippen MR) is 91.3 cm³/mol. The summed E-state index contributed by atoms with van der Waals surface area (Å²) in [4.78, 5) is 11.6. The van der Waals surface area contributed by atoms with Crippen LogP contribution in [0.4, 0.5) is 0 Å². The first-order valence-corrected chi connectivity index (χ1v) is 7.64. The molecular formula is C17H21BN2O3. The van der Waals surface area contributed by atoms with E-state index in [-0.39, 0.29) is 17.1 Å². The Labute approximate surface area is 136 Å². The fraction of sp³-hybridized carbons (Fsp3) is 0.353. The van der Waals surface area contributed by atoms with Crippen molar-refractivity contribution in [3.63, 3.8) is 0 Å². The molecule has 2 aromatic rings. The Balaban J connectivity index is 1.94. The van der Waals surface area contributed by atoms with Crippen molar-refractivity contribution in [1.29, 1.82) is 0 Å². The third kappa shape index (κ3) is 2.74. The zero-order valence-electron chi connectivity index (χ0n) is 13.8. The third-order valence-electron chi connectivity index (χ3n) is 4.78. The highest BCUT2D eigenvalue weighted by atomic mass is 16.7. The highest BCUT2D eigenvalue weighted by molar-refractivity contribution is 6.62. The van der Waals surface area contributed by atoms with E-state index in [0.29, 0.717) is 5.56 Å². The molecule has 3 rings (SSSR count). The summed E-state index contributed by atoms with van der Waals surface area (Å²) in [5.74, 6) is 4.87. The standard InChI is InChI=1S/C17H21BN2O3/c1-16(2)17(3,4)23-18(22-16)14-8-7-11-9-13(15(21)20-19)6-5-12(11)10-14/h5-10H,19H2,1-4H3,(H,20,21). The number of nitrogens with two attached hydrogens (primary N) is 1. The molecule has 23 heavy (non-hydrogen) atoms. The summed E-state index contributed by atoms with van der Waals surface area (Å²) >= 11 is 0. The van der Waals surface area contributed by atoms with E-state index >= 15 is 0 Å². The minimum atomic E-state index is -0.392.